The van der Waals surface area contributed by atoms with E-state index >= 15 is 0 Å². The number of carbonyl (C=O) groups is 1. The standard InChI is InChI=1S/C27H25N3O5S/c1-2-3-15-35-22-10-12-23(13-11-22)36(33,34)29-25(27(31)32)16-21-19-30(18-20-7-6-14-28-17-20)26-9-5-4-8-24(21)26/h4-14,17,19,25,29H,15-16,18H2,1H3,(H,31,32)/t25-/m1/s1. The van der Waals surface area contributed by atoms with E-state index in [0.717, 1.165) is 22.0 Å². The Kier molecular flexibility index (Phi) is 7.68. The summed E-state index contributed by atoms with van der Waals surface area (Å²) in [5.74, 6) is 4.67. The van der Waals surface area contributed by atoms with Crippen molar-refractivity contribution in [2.75, 3.05) is 6.61 Å². The number of ether oxygens (including phenoxy) is 1. The van der Waals surface area contributed by atoms with E-state index in [9.17, 15) is 18.3 Å². The van der Waals surface area contributed by atoms with E-state index in [1.807, 2.05) is 47.2 Å². The van der Waals surface area contributed by atoms with Gasteiger partial charge in [-0.15, -0.1) is 5.92 Å². The van der Waals surface area contributed by atoms with Crippen LogP contribution in [0.25, 0.3) is 10.9 Å². The number of nitrogens with zero attached hydrogens (tertiary/aromatic N) is 2. The lowest BCUT2D eigenvalue weighted by atomic mass is 10.1. The molecule has 1 atom stereocenters. The number of benzene rings is 2. The maximum absolute atomic E-state index is 13.0. The molecule has 0 aliphatic heterocycles. The number of nitrogens with one attached hydrogen (secondary N) is 1. The fourth-order valence-electron chi connectivity index (χ4n) is 3.87. The van der Waals surface area contributed by atoms with Gasteiger partial charge in [0, 0.05) is 42.5 Å². The lowest BCUT2D eigenvalue weighted by Crippen LogP contribution is -2.42. The smallest absolute Gasteiger partial charge is 0.322 e. The van der Waals surface area contributed by atoms with Crippen molar-refractivity contribution < 1.29 is 23.1 Å². The van der Waals surface area contributed by atoms with Crippen LogP contribution in [-0.2, 0) is 27.8 Å². The summed E-state index contributed by atoms with van der Waals surface area (Å²) in [7, 11) is -4.09. The summed E-state index contributed by atoms with van der Waals surface area (Å²) in [5.41, 5.74) is 2.64. The zero-order chi connectivity index (χ0) is 25.5. The van der Waals surface area contributed by atoms with Crippen LogP contribution in [-0.4, -0.2) is 41.7 Å². The number of hydrogen-bond acceptors (Lipinski definition) is 5. The van der Waals surface area contributed by atoms with E-state index in [-0.39, 0.29) is 17.9 Å². The number of sulfonamides is 1. The van der Waals surface area contributed by atoms with E-state index in [1.54, 1.807) is 19.3 Å². The van der Waals surface area contributed by atoms with Crippen molar-refractivity contribution in [1.82, 2.24) is 14.3 Å². The van der Waals surface area contributed by atoms with Crippen molar-refractivity contribution in [3.63, 3.8) is 0 Å². The molecule has 36 heavy (non-hydrogen) atoms. The molecule has 0 bridgehead atoms. The molecule has 4 rings (SSSR count). The molecule has 2 aromatic heterocycles. The minimum atomic E-state index is -4.09. The number of carboxylic acid groups (broad SMARTS) is 1. The van der Waals surface area contributed by atoms with Gasteiger partial charge in [0.1, 0.15) is 18.4 Å². The molecule has 0 spiro atoms. The van der Waals surface area contributed by atoms with Crippen LogP contribution in [0.4, 0.5) is 0 Å². The van der Waals surface area contributed by atoms with Crippen LogP contribution in [0, 0.1) is 11.8 Å². The second-order valence-electron chi connectivity index (χ2n) is 8.06. The molecule has 0 saturated heterocycles. The molecule has 9 heteroatoms. The number of aliphatic carboxylic acids is 1. The van der Waals surface area contributed by atoms with Crippen molar-refractivity contribution in [3.8, 4) is 17.6 Å². The Balaban J connectivity index is 1.56. The van der Waals surface area contributed by atoms with Crippen LogP contribution in [0.1, 0.15) is 18.1 Å². The first-order valence-corrected chi connectivity index (χ1v) is 12.7. The third-order valence-electron chi connectivity index (χ3n) is 5.59. The third-order valence-corrected chi connectivity index (χ3v) is 7.08. The minimum absolute atomic E-state index is 0.0218. The van der Waals surface area contributed by atoms with Crippen LogP contribution < -0.4 is 9.46 Å². The SMILES string of the molecule is CC#CCOc1ccc(S(=O)(=O)N[C@H](Cc2cn(Cc3cccnc3)c3ccccc23)C(=O)O)cc1. The second-order valence-corrected chi connectivity index (χ2v) is 9.78. The summed E-state index contributed by atoms with van der Waals surface area (Å²) in [6.45, 7) is 2.44. The number of rotatable bonds is 10. The molecule has 0 saturated carbocycles. The monoisotopic (exact) mass is 503 g/mol. The molecule has 2 heterocycles. The molecule has 0 amide bonds. The molecule has 0 aliphatic rings. The average Bonchev–Trinajstić information content (AvgIpc) is 3.21. The zero-order valence-electron chi connectivity index (χ0n) is 19.6. The van der Waals surface area contributed by atoms with Gasteiger partial charge in [-0.05, 0) is 54.4 Å². The molecule has 184 valence electrons. The Hall–Kier alpha value is -4.13. The number of aromatic nitrogens is 2. The number of carboxylic acids is 1. The first-order chi connectivity index (χ1) is 17.4. The number of pyridine rings is 1. The summed E-state index contributed by atoms with van der Waals surface area (Å²) in [5, 5.41) is 10.7. The summed E-state index contributed by atoms with van der Waals surface area (Å²) in [4.78, 5) is 16.2. The Morgan fingerprint density at radius 1 is 1.14 bits per heavy atom. The van der Waals surface area contributed by atoms with Crippen molar-refractivity contribution in [2.24, 2.45) is 0 Å². The van der Waals surface area contributed by atoms with Gasteiger partial charge in [-0.2, -0.15) is 4.72 Å². The largest absolute Gasteiger partial charge is 0.481 e. The van der Waals surface area contributed by atoms with Crippen molar-refractivity contribution in [2.45, 2.75) is 30.8 Å². The van der Waals surface area contributed by atoms with Crippen LogP contribution in [0.2, 0.25) is 0 Å². The van der Waals surface area contributed by atoms with Gasteiger partial charge in [-0.1, -0.05) is 30.2 Å². The highest BCUT2D eigenvalue weighted by molar-refractivity contribution is 7.89. The maximum Gasteiger partial charge on any atom is 0.322 e. The number of hydrogen-bond donors (Lipinski definition) is 2. The zero-order valence-corrected chi connectivity index (χ0v) is 20.4. The maximum atomic E-state index is 13.0. The lowest BCUT2D eigenvalue weighted by molar-refractivity contribution is -0.138. The van der Waals surface area contributed by atoms with E-state index < -0.39 is 22.0 Å². The Bertz CT molecular complexity index is 1520. The summed E-state index contributed by atoms with van der Waals surface area (Å²) in [6, 6.07) is 15.8. The van der Waals surface area contributed by atoms with Gasteiger partial charge >= 0.3 is 5.97 Å². The highest BCUT2D eigenvalue weighted by Crippen LogP contribution is 2.24. The topological polar surface area (TPSA) is 111 Å². The van der Waals surface area contributed by atoms with E-state index in [1.165, 1.54) is 24.3 Å². The normalized spacial score (nSPS) is 12.0. The Morgan fingerprint density at radius 3 is 2.61 bits per heavy atom. The molecule has 2 N–H and O–H groups in total. The van der Waals surface area contributed by atoms with Crippen molar-refractivity contribution >= 4 is 26.9 Å². The van der Waals surface area contributed by atoms with Gasteiger partial charge < -0.3 is 14.4 Å². The predicted octanol–water partition coefficient (Wildman–Crippen LogP) is 3.46. The Labute approximate surface area is 209 Å². The van der Waals surface area contributed by atoms with Crippen LogP contribution in [0.15, 0.2) is 84.1 Å². The molecular weight excluding hydrogens is 478 g/mol. The molecule has 8 nitrogen and oxygen atoms in total. The third kappa shape index (κ3) is 5.92. The van der Waals surface area contributed by atoms with Crippen LogP contribution in [0.3, 0.4) is 0 Å². The summed E-state index contributed by atoms with van der Waals surface area (Å²) >= 11 is 0. The lowest BCUT2D eigenvalue weighted by Gasteiger charge is -2.15. The second kappa shape index (κ2) is 11.1. The molecule has 0 fully saturated rings. The van der Waals surface area contributed by atoms with Crippen molar-refractivity contribution in [3.05, 3.63) is 90.4 Å². The molecule has 0 unspecified atom stereocenters. The first kappa shape index (κ1) is 25.0. The van der Waals surface area contributed by atoms with E-state index in [2.05, 4.69) is 21.5 Å². The van der Waals surface area contributed by atoms with Crippen LogP contribution >= 0.6 is 0 Å². The fraction of sp³-hybridized carbons (Fsp3) is 0.185. The molecule has 0 aliphatic carbocycles. The molecule has 2 aromatic carbocycles. The number of para-hydroxylation sites is 1. The highest BCUT2D eigenvalue weighted by Gasteiger charge is 2.27. The Morgan fingerprint density at radius 2 is 1.92 bits per heavy atom. The molecule has 0 radical (unpaired) electrons. The minimum Gasteiger partial charge on any atom is -0.481 e. The molecular formula is C27H25N3O5S. The van der Waals surface area contributed by atoms with Crippen molar-refractivity contribution in [1.29, 1.82) is 0 Å². The van der Waals surface area contributed by atoms with Gasteiger partial charge in [0.05, 0.1) is 4.90 Å². The number of fused-ring (bicyclic) bond motifs is 1. The highest BCUT2D eigenvalue weighted by atomic mass is 32.2. The average molecular weight is 504 g/mol. The van der Waals surface area contributed by atoms with Gasteiger partial charge in [-0.25, -0.2) is 8.42 Å². The fourth-order valence-corrected chi connectivity index (χ4v) is 5.06. The van der Waals surface area contributed by atoms with Crippen LogP contribution in [0.5, 0.6) is 5.75 Å². The van der Waals surface area contributed by atoms with Gasteiger partial charge in [0.25, 0.3) is 0 Å². The van der Waals surface area contributed by atoms with Gasteiger partial charge in [0.15, 0.2) is 0 Å². The molecule has 4 aromatic rings. The first-order valence-electron chi connectivity index (χ1n) is 11.2. The van der Waals surface area contributed by atoms with Gasteiger partial charge in [-0.3, -0.25) is 9.78 Å². The summed E-state index contributed by atoms with van der Waals surface area (Å²) < 4.78 is 35.7. The van der Waals surface area contributed by atoms with Gasteiger partial charge in [0.2, 0.25) is 10.0 Å². The summed E-state index contributed by atoms with van der Waals surface area (Å²) in [6.07, 6.45) is 5.32. The van der Waals surface area contributed by atoms with E-state index in [4.69, 9.17) is 4.74 Å². The predicted molar refractivity (Wildman–Crippen MR) is 136 cm³/mol. The quantitative estimate of drug-likeness (QED) is 0.321. The van der Waals surface area contributed by atoms with E-state index in [0.29, 0.717) is 12.3 Å².